The Bertz CT molecular complexity index is 692. The molecule has 0 fully saturated rings. The van der Waals surface area contributed by atoms with Crippen molar-refractivity contribution in [3.8, 4) is 11.5 Å². The van der Waals surface area contributed by atoms with E-state index in [1.807, 2.05) is 38.1 Å². The lowest BCUT2D eigenvalue weighted by Crippen LogP contribution is -2.32. The molecule has 0 bridgehead atoms. The summed E-state index contributed by atoms with van der Waals surface area (Å²) < 4.78 is 11.0. The predicted octanol–water partition coefficient (Wildman–Crippen LogP) is 4.25. The van der Waals surface area contributed by atoms with Crippen molar-refractivity contribution in [2.75, 3.05) is 25.1 Å². The SMILES string of the molecule is CCOc1ccccc1NC(=O)NCCOc1ccc(Cl)c(C)c1. The van der Waals surface area contributed by atoms with Crippen molar-refractivity contribution in [1.82, 2.24) is 5.32 Å². The minimum absolute atomic E-state index is 0.307. The van der Waals surface area contributed by atoms with Gasteiger partial charge in [-0.05, 0) is 49.7 Å². The molecule has 0 saturated heterocycles. The second-order valence-electron chi connectivity index (χ2n) is 5.07. The summed E-state index contributed by atoms with van der Waals surface area (Å²) >= 11 is 5.96. The van der Waals surface area contributed by atoms with Crippen molar-refractivity contribution < 1.29 is 14.3 Å². The second kappa shape index (κ2) is 9.03. The average Bonchev–Trinajstić information content (AvgIpc) is 2.57. The number of para-hydroxylation sites is 2. The summed E-state index contributed by atoms with van der Waals surface area (Å²) in [4.78, 5) is 11.9. The van der Waals surface area contributed by atoms with E-state index in [0.717, 1.165) is 11.3 Å². The number of benzene rings is 2. The number of amides is 2. The van der Waals surface area contributed by atoms with Gasteiger partial charge in [-0.2, -0.15) is 0 Å². The van der Waals surface area contributed by atoms with Gasteiger partial charge in [-0.3, -0.25) is 0 Å². The summed E-state index contributed by atoms with van der Waals surface area (Å²) in [6, 6.07) is 12.4. The van der Waals surface area contributed by atoms with E-state index in [2.05, 4.69) is 10.6 Å². The highest BCUT2D eigenvalue weighted by molar-refractivity contribution is 6.31. The maximum Gasteiger partial charge on any atom is 0.319 e. The third-order valence-corrected chi connectivity index (χ3v) is 3.64. The Labute approximate surface area is 146 Å². The van der Waals surface area contributed by atoms with Gasteiger partial charge in [0.15, 0.2) is 0 Å². The molecule has 24 heavy (non-hydrogen) atoms. The van der Waals surface area contributed by atoms with E-state index in [-0.39, 0.29) is 6.03 Å². The lowest BCUT2D eigenvalue weighted by Gasteiger charge is -2.12. The zero-order chi connectivity index (χ0) is 17.4. The number of ether oxygens (including phenoxy) is 2. The highest BCUT2D eigenvalue weighted by atomic mass is 35.5. The fourth-order valence-corrected chi connectivity index (χ4v) is 2.18. The second-order valence-corrected chi connectivity index (χ2v) is 5.48. The van der Waals surface area contributed by atoms with Crippen LogP contribution in [0.4, 0.5) is 10.5 Å². The number of aryl methyl sites for hydroxylation is 1. The van der Waals surface area contributed by atoms with Gasteiger partial charge in [0.2, 0.25) is 0 Å². The van der Waals surface area contributed by atoms with E-state index in [1.165, 1.54) is 0 Å². The molecule has 0 spiro atoms. The lowest BCUT2D eigenvalue weighted by atomic mass is 10.2. The van der Waals surface area contributed by atoms with Gasteiger partial charge in [-0.15, -0.1) is 0 Å². The van der Waals surface area contributed by atoms with Crippen molar-refractivity contribution in [1.29, 1.82) is 0 Å². The van der Waals surface area contributed by atoms with Crippen LogP contribution in [0.5, 0.6) is 11.5 Å². The number of carbonyl (C=O) groups is 1. The van der Waals surface area contributed by atoms with Gasteiger partial charge in [0.05, 0.1) is 18.8 Å². The van der Waals surface area contributed by atoms with Gasteiger partial charge < -0.3 is 20.1 Å². The average molecular weight is 349 g/mol. The Morgan fingerprint density at radius 1 is 1.17 bits per heavy atom. The molecule has 2 N–H and O–H groups in total. The normalized spacial score (nSPS) is 10.1. The lowest BCUT2D eigenvalue weighted by molar-refractivity contribution is 0.247. The van der Waals surface area contributed by atoms with E-state index < -0.39 is 0 Å². The molecule has 0 atom stereocenters. The van der Waals surface area contributed by atoms with Crippen LogP contribution >= 0.6 is 11.6 Å². The van der Waals surface area contributed by atoms with Gasteiger partial charge in [0, 0.05) is 5.02 Å². The highest BCUT2D eigenvalue weighted by Gasteiger charge is 2.06. The van der Waals surface area contributed by atoms with Crippen molar-refractivity contribution in [3.05, 3.63) is 53.1 Å². The molecule has 2 amide bonds. The molecule has 0 heterocycles. The largest absolute Gasteiger partial charge is 0.492 e. The Kier molecular flexibility index (Phi) is 6.75. The van der Waals surface area contributed by atoms with E-state index in [1.54, 1.807) is 18.2 Å². The fraction of sp³-hybridized carbons (Fsp3) is 0.278. The molecule has 2 aromatic rings. The molecule has 2 rings (SSSR count). The number of rotatable bonds is 7. The van der Waals surface area contributed by atoms with Crippen molar-refractivity contribution >= 4 is 23.3 Å². The van der Waals surface area contributed by atoms with Crippen LogP contribution in [-0.4, -0.2) is 25.8 Å². The summed E-state index contributed by atoms with van der Waals surface area (Å²) in [7, 11) is 0. The molecule has 0 aliphatic heterocycles. The van der Waals surface area contributed by atoms with Gasteiger partial charge >= 0.3 is 6.03 Å². The first-order valence-electron chi connectivity index (χ1n) is 7.75. The molecule has 6 heteroatoms. The standard InChI is InChI=1S/C18H21ClN2O3/c1-3-23-17-7-5-4-6-16(17)21-18(22)20-10-11-24-14-8-9-15(19)13(2)12-14/h4-9,12H,3,10-11H2,1-2H3,(H2,20,21,22). The number of nitrogens with one attached hydrogen (secondary N) is 2. The Morgan fingerprint density at radius 3 is 2.71 bits per heavy atom. The van der Waals surface area contributed by atoms with Crippen LogP contribution in [0.1, 0.15) is 12.5 Å². The minimum atomic E-state index is -0.307. The highest BCUT2D eigenvalue weighted by Crippen LogP contribution is 2.23. The maximum absolute atomic E-state index is 11.9. The van der Waals surface area contributed by atoms with E-state index in [0.29, 0.717) is 36.2 Å². The van der Waals surface area contributed by atoms with Crippen LogP contribution in [0.25, 0.3) is 0 Å². The first-order chi connectivity index (χ1) is 11.6. The summed E-state index contributed by atoms with van der Waals surface area (Å²) in [6.45, 7) is 5.09. The molecule has 128 valence electrons. The smallest absolute Gasteiger partial charge is 0.319 e. The van der Waals surface area contributed by atoms with Gasteiger partial charge in [-0.1, -0.05) is 23.7 Å². The zero-order valence-corrected chi connectivity index (χ0v) is 14.5. The first-order valence-corrected chi connectivity index (χ1v) is 8.13. The Morgan fingerprint density at radius 2 is 1.96 bits per heavy atom. The Balaban J connectivity index is 1.76. The molecule has 0 aromatic heterocycles. The van der Waals surface area contributed by atoms with Crippen LogP contribution in [-0.2, 0) is 0 Å². The molecule has 0 radical (unpaired) electrons. The summed E-state index contributed by atoms with van der Waals surface area (Å²) in [6.07, 6.45) is 0. The van der Waals surface area contributed by atoms with Crippen LogP contribution < -0.4 is 20.1 Å². The number of urea groups is 1. The van der Waals surface area contributed by atoms with Gasteiger partial charge in [0.25, 0.3) is 0 Å². The number of hydrogen-bond acceptors (Lipinski definition) is 3. The molecule has 0 aliphatic rings. The van der Waals surface area contributed by atoms with Crippen molar-refractivity contribution in [2.45, 2.75) is 13.8 Å². The van der Waals surface area contributed by atoms with E-state index >= 15 is 0 Å². The molecule has 2 aromatic carbocycles. The monoisotopic (exact) mass is 348 g/mol. The van der Waals surface area contributed by atoms with Crippen LogP contribution in [0.2, 0.25) is 5.02 Å². The summed E-state index contributed by atoms with van der Waals surface area (Å²) in [5.41, 5.74) is 1.58. The number of hydrogen-bond donors (Lipinski definition) is 2. The third-order valence-electron chi connectivity index (χ3n) is 3.22. The van der Waals surface area contributed by atoms with Crippen LogP contribution in [0.3, 0.4) is 0 Å². The molecular formula is C18H21ClN2O3. The molecule has 0 aliphatic carbocycles. The van der Waals surface area contributed by atoms with E-state index in [9.17, 15) is 4.79 Å². The Hall–Kier alpha value is -2.40. The van der Waals surface area contributed by atoms with Crippen molar-refractivity contribution in [3.63, 3.8) is 0 Å². The summed E-state index contributed by atoms with van der Waals surface area (Å²) in [5.74, 6) is 1.36. The third kappa shape index (κ3) is 5.35. The maximum atomic E-state index is 11.9. The van der Waals surface area contributed by atoms with Crippen molar-refractivity contribution in [2.24, 2.45) is 0 Å². The number of anilines is 1. The first kappa shape index (κ1) is 17.9. The topological polar surface area (TPSA) is 59.6 Å². The van der Waals surface area contributed by atoms with Gasteiger partial charge in [-0.25, -0.2) is 4.79 Å². The molecule has 0 unspecified atom stereocenters. The predicted molar refractivity (Wildman–Crippen MR) is 96.3 cm³/mol. The quantitative estimate of drug-likeness (QED) is 0.735. The van der Waals surface area contributed by atoms with E-state index in [4.69, 9.17) is 21.1 Å². The molecule has 5 nitrogen and oxygen atoms in total. The van der Waals surface area contributed by atoms with Gasteiger partial charge in [0.1, 0.15) is 18.1 Å². The minimum Gasteiger partial charge on any atom is -0.492 e. The summed E-state index contributed by atoms with van der Waals surface area (Å²) in [5, 5.41) is 6.20. The number of halogens is 1. The van der Waals surface area contributed by atoms with Crippen LogP contribution in [0, 0.1) is 6.92 Å². The molecular weight excluding hydrogens is 328 g/mol. The number of carbonyl (C=O) groups excluding carboxylic acids is 1. The molecule has 0 saturated carbocycles. The fourth-order valence-electron chi connectivity index (χ4n) is 2.06. The van der Waals surface area contributed by atoms with Crippen LogP contribution in [0.15, 0.2) is 42.5 Å². The zero-order valence-electron chi connectivity index (χ0n) is 13.8.